The molecule has 1 aromatic heterocycles. The summed E-state index contributed by atoms with van der Waals surface area (Å²) in [6, 6.07) is 27.8. The molecule has 4 aromatic carbocycles. The van der Waals surface area contributed by atoms with Crippen LogP contribution in [0.2, 0.25) is 5.28 Å². The van der Waals surface area contributed by atoms with Gasteiger partial charge in [-0.15, -0.1) is 0 Å². The molecule has 0 radical (unpaired) electrons. The molecule has 0 saturated heterocycles. The fraction of sp³-hybridized carbons (Fsp3) is 0. The van der Waals surface area contributed by atoms with Gasteiger partial charge in [0.2, 0.25) is 5.28 Å². The Balaban J connectivity index is 1.79. The first-order chi connectivity index (χ1) is 14.2. The van der Waals surface area contributed by atoms with Crippen molar-refractivity contribution in [3.05, 3.63) is 89.7 Å². The van der Waals surface area contributed by atoms with Crippen LogP contribution in [0.15, 0.2) is 78.9 Å². The van der Waals surface area contributed by atoms with Gasteiger partial charge in [-0.05, 0) is 51.3 Å². The zero-order valence-corrected chi connectivity index (χ0v) is 15.9. The van der Waals surface area contributed by atoms with Crippen molar-refractivity contribution in [2.24, 2.45) is 0 Å². The number of halogens is 1. The standard InChI is InChI=1S/C24H13ClN4/c25-24-28-22(17-8-5-6-15(12-17)14-26)27-23(29-24)21-13-16-7-1-2-9-18(16)19-10-3-4-11-20(19)21/h1-13H. The molecule has 5 aromatic rings. The first-order valence-corrected chi connectivity index (χ1v) is 9.44. The molecule has 4 nitrogen and oxygen atoms in total. The van der Waals surface area contributed by atoms with Crippen LogP contribution in [0.4, 0.5) is 0 Å². The topological polar surface area (TPSA) is 62.5 Å². The molecule has 0 spiro atoms. The maximum Gasteiger partial charge on any atom is 0.226 e. The van der Waals surface area contributed by atoms with Crippen LogP contribution in [0.5, 0.6) is 0 Å². The summed E-state index contributed by atoms with van der Waals surface area (Å²) in [6.45, 7) is 0. The van der Waals surface area contributed by atoms with E-state index in [4.69, 9.17) is 16.6 Å². The van der Waals surface area contributed by atoms with E-state index >= 15 is 0 Å². The summed E-state index contributed by atoms with van der Waals surface area (Å²) in [6.07, 6.45) is 0. The smallest absolute Gasteiger partial charge is 0.208 e. The lowest BCUT2D eigenvalue weighted by Crippen LogP contribution is -1.98. The lowest BCUT2D eigenvalue weighted by atomic mass is 9.97. The van der Waals surface area contributed by atoms with Crippen molar-refractivity contribution < 1.29 is 0 Å². The molecule has 0 atom stereocenters. The number of rotatable bonds is 2. The first-order valence-electron chi connectivity index (χ1n) is 9.06. The summed E-state index contributed by atoms with van der Waals surface area (Å²) in [5.41, 5.74) is 2.15. The Labute approximate surface area is 172 Å². The molecule has 0 saturated carbocycles. The number of nitrogens with zero attached hydrogens (tertiary/aromatic N) is 4. The van der Waals surface area contributed by atoms with Gasteiger partial charge in [-0.25, -0.2) is 4.98 Å². The van der Waals surface area contributed by atoms with Gasteiger partial charge in [0.25, 0.3) is 0 Å². The number of nitriles is 1. The molecule has 0 bridgehead atoms. The SMILES string of the molecule is N#Cc1cccc(-c2nc(Cl)nc(-c3cc4ccccc4c4ccccc34)n2)c1. The molecule has 0 aliphatic heterocycles. The van der Waals surface area contributed by atoms with Gasteiger partial charge in [0.1, 0.15) is 0 Å². The van der Waals surface area contributed by atoms with E-state index < -0.39 is 0 Å². The third kappa shape index (κ3) is 3.08. The molecule has 5 rings (SSSR count). The number of benzene rings is 4. The maximum absolute atomic E-state index is 9.19. The van der Waals surface area contributed by atoms with Crippen molar-refractivity contribution in [3.63, 3.8) is 0 Å². The Hall–Kier alpha value is -3.81. The molecule has 0 fully saturated rings. The minimum Gasteiger partial charge on any atom is -0.208 e. The summed E-state index contributed by atoms with van der Waals surface area (Å²) in [7, 11) is 0. The van der Waals surface area contributed by atoms with Crippen LogP contribution >= 0.6 is 11.6 Å². The molecule has 5 heteroatoms. The second-order valence-corrected chi connectivity index (χ2v) is 6.97. The molecule has 0 amide bonds. The van der Waals surface area contributed by atoms with Gasteiger partial charge in [0, 0.05) is 11.1 Å². The minimum atomic E-state index is 0.115. The van der Waals surface area contributed by atoms with Crippen LogP contribution in [0.3, 0.4) is 0 Å². The zero-order chi connectivity index (χ0) is 19.8. The Morgan fingerprint density at radius 2 is 1.41 bits per heavy atom. The average Bonchev–Trinajstić information content (AvgIpc) is 2.78. The summed E-state index contributed by atoms with van der Waals surface area (Å²) < 4.78 is 0. The second kappa shape index (κ2) is 6.97. The molecule has 1 heterocycles. The van der Waals surface area contributed by atoms with E-state index in [0.717, 1.165) is 27.3 Å². The summed E-state index contributed by atoms with van der Waals surface area (Å²) in [5, 5.41) is 13.8. The fourth-order valence-corrected chi connectivity index (χ4v) is 3.73. The van der Waals surface area contributed by atoms with Crippen molar-refractivity contribution in [2.75, 3.05) is 0 Å². The summed E-state index contributed by atoms with van der Waals surface area (Å²) in [5.74, 6) is 0.943. The van der Waals surface area contributed by atoms with E-state index in [0.29, 0.717) is 17.2 Å². The minimum absolute atomic E-state index is 0.115. The molecule has 0 aliphatic carbocycles. The summed E-state index contributed by atoms with van der Waals surface area (Å²) in [4.78, 5) is 13.4. The molecule has 0 aliphatic rings. The van der Waals surface area contributed by atoms with Crippen molar-refractivity contribution in [1.29, 1.82) is 5.26 Å². The Kier molecular flexibility index (Phi) is 4.16. The van der Waals surface area contributed by atoms with Gasteiger partial charge in [-0.2, -0.15) is 15.2 Å². The third-order valence-electron chi connectivity index (χ3n) is 4.87. The molecular weight excluding hydrogens is 380 g/mol. The van der Waals surface area contributed by atoms with Gasteiger partial charge >= 0.3 is 0 Å². The number of hydrogen-bond donors (Lipinski definition) is 0. The highest BCUT2D eigenvalue weighted by atomic mass is 35.5. The van der Waals surface area contributed by atoms with Crippen LogP contribution in [0, 0.1) is 11.3 Å². The van der Waals surface area contributed by atoms with Crippen molar-refractivity contribution >= 4 is 33.1 Å². The predicted octanol–water partition coefficient (Wildman–Crippen LogP) is 6.04. The molecular formula is C24H13ClN4. The van der Waals surface area contributed by atoms with Crippen molar-refractivity contribution in [1.82, 2.24) is 15.0 Å². The van der Waals surface area contributed by atoms with Crippen LogP contribution in [0.1, 0.15) is 5.56 Å². The van der Waals surface area contributed by atoms with Gasteiger partial charge in [-0.3, -0.25) is 0 Å². The highest BCUT2D eigenvalue weighted by Crippen LogP contribution is 2.34. The van der Waals surface area contributed by atoms with Gasteiger partial charge in [-0.1, -0.05) is 60.7 Å². The monoisotopic (exact) mass is 392 g/mol. The van der Waals surface area contributed by atoms with Crippen LogP contribution < -0.4 is 0 Å². The quantitative estimate of drug-likeness (QED) is 0.344. The van der Waals surface area contributed by atoms with E-state index in [-0.39, 0.29) is 5.28 Å². The highest BCUT2D eigenvalue weighted by Gasteiger charge is 2.14. The largest absolute Gasteiger partial charge is 0.226 e. The number of fused-ring (bicyclic) bond motifs is 3. The van der Waals surface area contributed by atoms with Crippen molar-refractivity contribution in [3.8, 4) is 28.8 Å². The second-order valence-electron chi connectivity index (χ2n) is 6.64. The normalized spacial score (nSPS) is 10.9. The van der Waals surface area contributed by atoms with Gasteiger partial charge < -0.3 is 0 Å². The summed E-state index contributed by atoms with van der Waals surface area (Å²) >= 11 is 6.27. The number of hydrogen-bond acceptors (Lipinski definition) is 4. The Morgan fingerprint density at radius 1 is 0.690 bits per heavy atom. The first kappa shape index (κ1) is 17.3. The van der Waals surface area contributed by atoms with E-state index in [2.05, 4.69) is 46.4 Å². The van der Waals surface area contributed by atoms with Gasteiger partial charge in [0.05, 0.1) is 11.6 Å². The van der Waals surface area contributed by atoms with E-state index in [1.165, 1.54) is 5.39 Å². The van der Waals surface area contributed by atoms with Crippen molar-refractivity contribution in [2.45, 2.75) is 0 Å². The average molecular weight is 393 g/mol. The number of aromatic nitrogens is 3. The maximum atomic E-state index is 9.19. The predicted molar refractivity (Wildman–Crippen MR) is 115 cm³/mol. The zero-order valence-electron chi connectivity index (χ0n) is 15.2. The third-order valence-corrected chi connectivity index (χ3v) is 5.04. The van der Waals surface area contributed by atoms with E-state index in [1.54, 1.807) is 18.2 Å². The molecule has 0 unspecified atom stereocenters. The Morgan fingerprint density at radius 3 is 2.24 bits per heavy atom. The van der Waals surface area contributed by atoms with Crippen LogP contribution in [-0.2, 0) is 0 Å². The van der Waals surface area contributed by atoms with E-state index in [1.807, 2.05) is 30.3 Å². The molecule has 0 N–H and O–H groups in total. The van der Waals surface area contributed by atoms with Crippen LogP contribution in [0.25, 0.3) is 44.3 Å². The fourth-order valence-electron chi connectivity index (χ4n) is 3.57. The Bertz CT molecular complexity index is 1440. The van der Waals surface area contributed by atoms with Crippen LogP contribution in [-0.4, -0.2) is 15.0 Å². The molecule has 29 heavy (non-hydrogen) atoms. The van der Waals surface area contributed by atoms with Gasteiger partial charge in [0.15, 0.2) is 11.6 Å². The highest BCUT2D eigenvalue weighted by molar-refractivity contribution is 6.28. The lowest BCUT2D eigenvalue weighted by Gasteiger charge is -2.11. The molecule has 136 valence electrons. The van der Waals surface area contributed by atoms with E-state index in [9.17, 15) is 5.26 Å². The lowest BCUT2D eigenvalue weighted by molar-refractivity contribution is 1.07.